The van der Waals surface area contributed by atoms with Gasteiger partial charge in [-0.25, -0.2) is 9.48 Å². The summed E-state index contributed by atoms with van der Waals surface area (Å²) in [7, 11) is 3.49. The van der Waals surface area contributed by atoms with Gasteiger partial charge in [-0.2, -0.15) is 5.10 Å². The van der Waals surface area contributed by atoms with Gasteiger partial charge in [-0.3, -0.25) is 14.6 Å². The Balaban J connectivity index is 1.78. The summed E-state index contributed by atoms with van der Waals surface area (Å²) >= 11 is 0. The lowest BCUT2D eigenvalue weighted by molar-refractivity contribution is -0.129. The van der Waals surface area contributed by atoms with Crippen molar-refractivity contribution < 1.29 is 14.3 Å². The first kappa shape index (κ1) is 15.8. The molecule has 8 nitrogen and oxygen atoms in total. The number of rotatable bonds is 4. The number of nitrogens with zero attached hydrogens (tertiary/aromatic N) is 4. The van der Waals surface area contributed by atoms with E-state index >= 15 is 0 Å². The van der Waals surface area contributed by atoms with Crippen molar-refractivity contribution in [3.8, 4) is 5.88 Å². The summed E-state index contributed by atoms with van der Waals surface area (Å²) in [5.41, 5.74) is 1.97. The maximum Gasteiger partial charge on any atom is 0.324 e. The van der Waals surface area contributed by atoms with Crippen molar-refractivity contribution in [3.05, 3.63) is 11.3 Å². The Bertz CT molecular complexity index is 627. The van der Waals surface area contributed by atoms with Gasteiger partial charge in [-0.1, -0.05) is 0 Å². The molecule has 2 aliphatic heterocycles. The minimum atomic E-state index is -0.291. The molecule has 23 heavy (non-hydrogen) atoms. The third-order valence-corrected chi connectivity index (χ3v) is 4.60. The van der Waals surface area contributed by atoms with E-state index in [-0.39, 0.29) is 24.5 Å². The number of nitrogens with one attached hydrogen (secondary N) is 1. The summed E-state index contributed by atoms with van der Waals surface area (Å²) in [5, 5.41) is 7.10. The van der Waals surface area contributed by atoms with E-state index in [0.717, 1.165) is 36.5 Å². The van der Waals surface area contributed by atoms with Gasteiger partial charge in [0.25, 0.3) is 0 Å². The number of likely N-dealkylation sites (tertiary alicyclic amines) is 1. The zero-order chi connectivity index (χ0) is 16.6. The molecule has 1 N–H and O–H groups in total. The highest BCUT2D eigenvalue weighted by molar-refractivity contribution is 5.96. The maximum absolute atomic E-state index is 12.4. The van der Waals surface area contributed by atoms with E-state index in [9.17, 15) is 9.59 Å². The number of aryl methyl sites for hydroxylation is 2. The number of aromatic nitrogens is 2. The molecule has 0 spiro atoms. The van der Waals surface area contributed by atoms with E-state index in [1.165, 1.54) is 4.90 Å². The molecule has 0 aromatic carbocycles. The Hall–Kier alpha value is -2.09. The molecule has 2 aliphatic rings. The Labute approximate surface area is 135 Å². The van der Waals surface area contributed by atoms with E-state index in [1.807, 2.05) is 14.0 Å². The van der Waals surface area contributed by atoms with Gasteiger partial charge in [0.05, 0.1) is 24.9 Å². The van der Waals surface area contributed by atoms with Gasteiger partial charge in [0.1, 0.15) is 0 Å². The molecule has 8 heteroatoms. The number of urea groups is 1. The van der Waals surface area contributed by atoms with Crippen molar-refractivity contribution in [3.63, 3.8) is 0 Å². The molecule has 1 aromatic heterocycles. The van der Waals surface area contributed by atoms with Gasteiger partial charge in [-0.15, -0.1) is 0 Å². The highest BCUT2D eigenvalue weighted by Crippen LogP contribution is 2.38. The summed E-state index contributed by atoms with van der Waals surface area (Å²) < 4.78 is 7.23. The molecule has 0 aliphatic carbocycles. The number of amides is 3. The third-order valence-electron chi connectivity index (χ3n) is 4.60. The molecular weight excluding hydrogens is 298 g/mol. The molecule has 0 radical (unpaired) electrons. The second-order valence-electron chi connectivity index (χ2n) is 6.04. The predicted octanol–water partition coefficient (Wildman–Crippen LogP) is 0.426. The highest BCUT2D eigenvalue weighted by atomic mass is 16.5. The number of hydrogen-bond donors (Lipinski definition) is 1. The molecular formula is C15H23N5O3. The minimum Gasteiger partial charge on any atom is -0.481 e. The highest BCUT2D eigenvalue weighted by Gasteiger charge is 2.35. The van der Waals surface area contributed by atoms with Crippen LogP contribution in [-0.4, -0.2) is 64.8 Å². The lowest BCUT2D eigenvalue weighted by atomic mass is 10.1. The summed E-state index contributed by atoms with van der Waals surface area (Å²) in [5.74, 6) is 0.596. The normalized spacial score (nSPS) is 21.8. The second kappa shape index (κ2) is 6.19. The molecule has 3 amide bonds. The van der Waals surface area contributed by atoms with Crippen molar-refractivity contribution in [2.45, 2.75) is 25.8 Å². The first-order valence-electron chi connectivity index (χ1n) is 7.92. The van der Waals surface area contributed by atoms with Crippen LogP contribution < -0.4 is 10.1 Å². The maximum atomic E-state index is 12.4. The number of carbonyl (C=O) groups is 2. The van der Waals surface area contributed by atoms with Crippen molar-refractivity contribution in [1.29, 1.82) is 0 Å². The lowest BCUT2D eigenvalue weighted by Crippen LogP contribution is -2.41. The smallest absolute Gasteiger partial charge is 0.324 e. The largest absolute Gasteiger partial charge is 0.481 e. The molecule has 0 unspecified atom stereocenters. The number of methoxy groups -OCH3 is 1. The number of carbonyl (C=O) groups excluding carboxylic acids is 2. The van der Waals surface area contributed by atoms with Crippen molar-refractivity contribution in [2.24, 2.45) is 7.05 Å². The van der Waals surface area contributed by atoms with Crippen molar-refractivity contribution in [1.82, 2.24) is 24.9 Å². The average molecular weight is 321 g/mol. The van der Waals surface area contributed by atoms with E-state index in [0.29, 0.717) is 13.1 Å². The number of hydrogen-bond acceptors (Lipinski definition) is 5. The Kier molecular flexibility index (Phi) is 4.25. The predicted molar refractivity (Wildman–Crippen MR) is 83.2 cm³/mol. The van der Waals surface area contributed by atoms with Crippen LogP contribution in [0, 0.1) is 6.92 Å². The number of ether oxygens (including phenoxy) is 1. The molecule has 3 heterocycles. The van der Waals surface area contributed by atoms with Crippen LogP contribution in [0.4, 0.5) is 4.79 Å². The Morgan fingerprint density at radius 3 is 2.87 bits per heavy atom. The van der Waals surface area contributed by atoms with Crippen LogP contribution >= 0.6 is 0 Å². The SMILES string of the molecule is COc1c([C@H]2CCCN2CC(=O)N2CCNC2=O)c(C)nn1C. The van der Waals surface area contributed by atoms with Crippen molar-refractivity contribution >= 4 is 11.9 Å². The lowest BCUT2D eigenvalue weighted by Gasteiger charge is -2.25. The van der Waals surface area contributed by atoms with Gasteiger partial charge in [0.2, 0.25) is 11.8 Å². The Morgan fingerprint density at radius 2 is 2.22 bits per heavy atom. The van der Waals surface area contributed by atoms with Gasteiger partial charge in [0, 0.05) is 26.2 Å². The molecule has 2 fully saturated rings. The molecule has 126 valence electrons. The molecule has 1 aromatic rings. The van der Waals surface area contributed by atoms with Crippen LogP contribution in [0.2, 0.25) is 0 Å². The third kappa shape index (κ3) is 2.78. The zero-order valence-electron chi connectivity index (χ0n) is 13.8. The second-order valence-corrected chi connectivity index (χ2v) is 6.04. The van der Waals surface area contributed by atoms with Crippen molar-refractivity contribution in [2.75, 3.05) is 33.3 Å². The standard InChI is InChI=1S/C15H23N5O3/c1-10-13(14(23-3)18(2)17-10)11-5-4-7-19(11)9-12(21)20-8-6-16-15(20)22/h11H,4-9H2,1-3H3,(H,16,22)/t11-/m1/s1. The van der Waals surface area contributed by atoms with Crippen LogP contribution in [-0.2, 0) is 11.8 Å². The summed E-state index contributed by atoms with van der Waals surface area (Å²) in [4.78, 5) is 27.5. The van der Waals surface area contributed by atoms with E-state index in [4.69, 9.17) is 4.74 Å². The first-order chi connectivity index (χ1) is 11.0. The molecule has 1 atom stereocenters. The number of imide groups is 1. The van der Waals surface area contributed by atoms with E-state index < -0.39 is 0 Å². The van der Waals surface area contributed by atoms with Crippen LogP contribution in [0.25, 0.3) is 0 Å². The fraction of sp³-hybridized carbons (Fsp3) is 0.667. The molecule has 0 bridgehead atoms. The molecule has 0 saturated carbocycles. The van der Waals surface area contributed by atoms with Gasteiger partial charge in [0.15, 0.2) is 0 Å². The van der Waals surface area contributed by atoms with Crippen LogP contribution in [0.5, 0.6) is 5.88 Å². The summed E-state index contributed by atoms with van der Waals surface area (Å²) in [6.45, 7) is 4.03. The van der Waals surface area contributed by atoms with E-state index in [2.05, 4.69) is 15.3 Å². The minimum absolute atomic E-state index is 0.105. The summed E-state index contributed by atoms with van der Waals surface area (Å²) in [6.07, 6.45) is 1.98. The van der Waals surface area contributed by atoms with Gasteiger partial charge < -0.3 is 10.1 Å². The van der Waals surface area contributed by atoms with Crippen LogP contribution in [0.3, 0.4) is 0 Å². The van der Waals surface area contributed by atoms with Gasteiger partial charge in [-0.05, 0) is 26.3 Å². The molecule has 2 saturated heterocycles. The monoisotopic (exact) mass is 321 g/mol. The van der Waals surface area contributed by atoms with E-state index in [1.54, 1.807) is 11.8 Å². The first-order valence-corrected chi connectivity index (χ1v) is 7.92. The average Bonchev–Trinajstić information content (AvgIpc) is 3.18. The van der Waals surface area contributed by atoms with Crippen LogP contribution in [0.1, 0.15) is 30.1 Å². The fourth-order valence-electron chi connectivity index (χ4n) is 3.59. The zero-order valence-corrected chi connectivity index (χ0v) is 13.8. The fourth-order valence-corrected chi connectivity index (χ4v) is 3.59. The topological polar surface area (TPSA) is 79.7 Å². The summed E-state index contributed by atoms with van der Waals surface area (Å²) in [6, 6.07) is -0.186. The molecule has 3 rings (SSSR count). The quantitative estimate of drug-likeness (QED) is 0.870. The van der Waals surface area contributed by atoms with Crippen LogP contribution in [0.15, 0.2) is 0 Å². The Morgan fingerprint density at radius 1 is 1.43 bits per heavy atom. The van der Waals surface area contributed by atoms with Gasteiger partial charge >= 0.3 is 6.03 Å².